The van der Waals surface area contributed by atoms with E-state index in [1.807, 2.05) is 31.1 Å². The van der Waals surface area contributed by atoms with Crippen LogP contribution in [-0.2, 0) is 4.79 Å². The molecule has 1 aromatic heterocycles. The lowest BCUT2D eigenvalue weighted by Gasteiger charge is -2.24. The molecule has 1 aromatic carbocycles. The van der Waals surface area contributed by atoms with Gasteiger partial charge in [-0.1, -0.05) is 26.0 Å². The number of carbonyl (C=O) groups excluding carboxylic acids is 1. The van der Waals surface area contributed by atoms with Crippen LogP contribution in [0.15, 0.2) is 47.1 Å². The van der Waals surface area contributed by atoms with Crippen molar-refractivity contribution in [1.82, 2.24) is 10.2 Å². The van der Waals surface area contributed by atoms with E-state index in [2.05, 4.69) is 19.2 Å². The Bertz CT molecular complexity index is 651. The Balaban J connectivity index is 1.98. The summed E-state index contributed by atoms with van der Waals surface area (Å²) in [7, 11) is 3.91. The number of amides is 1. The van der Waals surface area contributed by atoms with E-state index in [1.54, 1.807) is 18.4 Å². The molecule has 5 heteroatoms. The van der Waals surface area contributed by atoms with Gasteiger partial charge in [-0.3, -0.25) is 9.69 Å². The van der Waals surface area contributed by atoms with Crippen LogP contribution in [0.5, 0.6) is 0 Å². The molecular formula is C20H27FN2O2. The number of hydrogen-bond acceptors (Lipinski definition) is 3. The zero-order valence-corrected chi connectivity index (χ0v) is 15.3. The van der Waals surface area contributed by atoms with E-state index in [1.165, 1.54) is 12.1 Å². The van der Waals surface area contributed by atoms with E-state index in [4.69, 9.17) is 4.42 Å². The molecule has 2 unspecified atom stereocenters. The average molecular weight is 346 g/mol. The second kappa shape index (κ2) is 8.81. The molecule has 0 radical (unpaired) electrons. The van der Waals surface area contributed by atoms with Crippen molar-refractivity contribution in [3.8, 4) is 0 Å². The van der Waals surface area contributed by atoms with Gasteiger partial charge in [0.05, 0.1) is 12.3 Å². The van der Waals surface area contributed by atoms with Crippen molar-refractivity contribution in [3.05, 3.63) is 59.8 Å². The molecule has 0 aliphatic rings. The molecule has 0 saturated heterocycles. The predicted molar refractivity (Wildman–Crippen MR) is 96.7 cm³/mol. The van der Waals surface area contributed by atoms with E-state index < -0.39 is 0 Å². The second-order valence-corrected chi connectivity index (χ2v) is 6.91. The van der Waals surface area contributed by atoms with Crippen LogP contribution in [0, 0.1) is 11.7 Å². The molecule has 0 aliphatic heterocycles. The quantitative estimate of drug-likeness (QED) is 0.787. The Labute approximate surface area is 149 Å². The Kier molecular flexibility index (Phi) is 6.76. The van der Waals surface area contributed by atoms with Crippen LogP contribution in [0.3, 0.4) is 0 Å². The maximum Gasteiger partial charge on any atom is 0.220 e. The minimum absolute atomic E-state index is 0.0118. The largest absolute Gasteiger partial charge is 0.468 e. The number of carbonyl (C=O) groups is 1. The molecule has 2 aromatic rings. The van der Waals surface area contributed by atoms with Crippen molar-refractivity contribution in [1.29, 1.82) is 0 Å². The smallest absolute Gasteiger partial charge is 0.220 e. The van der Waals surface area contributed by atoms with Gasteiger partial charge >= 0.3 is 0 Å². The molecular weight excluding hydrogens is 319 g/mol. The molecule has 2 atom stereocenters. The third-order valence-electron chi connectivity index (χ3n) is 4.50. The summed E-state index contributed by atoms with van der Waals surface area (Å²) in [6.45, 7) is 4.63. The number of halogens is 1. The van der Waals surface area contributed by atoms with Crippen LogP contribution in [0.25, 0.3) is 0 Å². The maximum absolute atomic E-state index is 13.1. The third-order valence-corrected chi connectivity index (χ3v) is 4.50. The van der Waals surface area contributed by atoms with Gasteiger partial charge in [-0.25, -0.2) is 4.39 Å². The number of furan rings is 1. The lowest BCUT2D eigenvalue weighted by Crippen LogP contribution is -2.35. The summed E-state index contributed by atoms with van der Waals surface area (Å²) < 4.78 is 18.6. The topological polar surface area (TPSA) is 45.5 Å². The molecule has 0 spiro atoms. The molecule has 136 valence electrons. The predicted octanol–water partition coefficient (Wildman–Crippen LogP) is 3.97. The highest BCUT2D eigenvalue weighted by Gasteiger charge is 2.22. The standard InChI is InChI=1S/C20H27FN2O2/c1-14(2)17(15-7-9-16(21)10-8-15)12-20(24)22-13-18(23(3)4)19-6-5-11-25-19/h5-11,14,17-18H,12-13H2,1-4H3,(H,22,24). The van der Waals surface area contributed by atoms with Crippen LogP contribution < -0.4 is 5.32 Å². The molecule has 0 aliphatic carbocycles. The highest BCUT2D eigenvalue weighted by molar-refractivity contribution is 5.77. The van der Waals surface area contributed by atoms with Crippen molar-refractivity contribution in [2.75, 3.05) is 20.6 Å². The molecule has 0 bridgehead atoms. The number of nitrogens with one attached hydrogen (secondary N) is 1. The Morgan fingerprint density at radius 3 is 2.40 bits per heavy atom. The van der Waals surface area contributed by atoms with Crippen molar-refractivity contribution in [2.24, 2.45) is 5.92 Å². The monoisotopic (exact) mass is 346 g/mol. The van der Waals surface area contributed by atoms with Crippen LogP contribution >= 0.6 is 0 Å². The summed E-state index contributed by atoms with van der Waals surface area (Å²) in [6, 6.07) is 10.2. The fraction of sp³-hybridized carbons (Fsp3) is 0.450. The van der Waals surface area contributed by atoms with Gasteiger partial charge < -0.3 is 9.73 Å². The lowest BCUT2D eigenvalue weighted by atomic mass is 9.85. The molecule has 1 heterocycles. The zero-order valence-electron chi connectivity index (χ0n) is 15.3. The van der Waals surface area contributed by atoms with E-state index in [0.29, 0.717) is 13.0 Å². The van der Waals surface area contributed by atoms with Crippen molar-refractivity contribution < 1.29 is 13.6 Å². The number of hydrogen-bond donors (Lipinski definition) is 1. The van der Waals surface area contributed by atoms with Crippen molar-refractivity contribution in [2.45, 2.75) is 32.2 Å². The fourth-order valence-corrected chi connectivity index (χ4v) is 2.95. The van der Waals surface area contributed by atoms with Crippen molar-refractivity contribution in [3.63, 3.8) is 0 Å². The minimum atomic E-state index is -0.261. The van der Waals surface area contributed by atoms with Gasteiger partial charge in [-0.15, -0.1) is 0 Å². The highest BCUT2D eigenvalue weighted by Crippen LogP contribution is 2.28. The first-order valence-electron chi connectivity index (χ1n) is 8.60. The van der Waals surface area contributed by atoms with E-state index in [-0.39, 0.29) is 29.6 Å². The van der Waals surface area contributed by atoms with Crippen LogP contribution in [0.1, 0.15) is 43.6 Å². The summed E-state index contributed by atoms with van der Waals surface area (Å²) in [5.74, 6) is 0.890. The summed E-state index contributed by atoms with van der Waals surface area (Å²) in [5.41, 5.74) is 0.988. The molecule has 4 nitrogen and oxygen atoms in total. The van der Waals surface area contributed by atoms with Gasteiger partial charge in [0.2, 0.25) is 5.91 Å². The Morgan fingerprint density at radius 1 is 1.20 bits per heavy atom. The van der Waals surface area contributed by atoms with Gasteiger partial charge in [0.15, 0.2) is 0 Å². The second-order valence-electron chi connectivity index (χ2n) is 6.91. The van der Waals surface area contributed by atoms with E-state index in [9.17, 15) is 9.18 Å². The van der Waals surface area contributed by atoms with Gasteiger partial charge in [0, 0.05) is 13.0 Å². The van der Waals surface area contributed by atoms with Crippen LogP contribution in [0.2, 0.25) is 0 Å². The Hall–Kier alpha value is -2.14. The fourth-order valence-electron chi connectivity index (χ4n) is 2.95. The summed E-state index contributed by atoms with van der Waals surface area (Å²) in [5, 5.41) is 3.00. The highest BCUT2D eigenvalue weighted by atomic mass is 19.1. The average Bonchev–Trinajstić information content (AvgIpc) is 3.07. The molecule has 0 saturated carbocycles. The summed E-state index contributed by atoms with van der Waals surface area (Å²) >= 11 is 0. The van der Waals surface area contributed by atoms with Crippen LogP contribution in [0.4, 0.5) is 4.39 Å². The molecule has 25 heavy (non-hydrogen) atoms. The first kappa shape index (κ1) is 19.2. The zero-order chi connectivity index (χ0) is 18.4. The molecule has 0 fully saturated rings. The molecule has 2 rings (SSSR count). The van der Waals surface area contributed by atoms with Gasteiger partial charge in [0.1, 0.15) is 11.6 Å². The number of likely N-dealkylation sites (N-methyl/N-ethyl adjacent to an activating group) is 1. The summed E-state index contributed by atoms with van der Waals surface area (Å²) in [6.07, 6.45) is 2.01. The van der Waals surface area contributed by atoms with Gasteiger partial charge in [-0.05, 0) is 55.8 Å². The minimum Gasteiger partial charge on any atom is -0.468 e. The van der Waals surface area contributed by atoms with Crippen molar-refractivity contribution >= 4 is 5.91 Å². The third kappa shape index (κ3) is 5.43. The number of rotatable bonds is 8. The first-order chi connectivity index (χ1) is 11.9. The van der Waals surface area contributed by atoms with E-state index >= 15 is 0 Å². The van der Waals surface area contributed by atoms with Crippen LogP contribution in [-0.4, -0.2) is 31.4 Å². The molecule has 1 amide bonds. The maximum atomic E-state index is 13.1. The van der Waals surface area contributed by atoms with E-state index in [0.717, 1.165) is 11.3 Å². The SMILES string of the molecule is CC(C)C(CC(=O)NCC(c1ccco1)N(C)C)c1ccc(F)cc1. The number of benzene rings is 1. The molecule has 1 N–H and O–H groups in total. The Morgan fingerprint density at radius 2 is 1.88 bits per heavy atom. The first-order valence-corrected chi connectivity index (χ1v) is 8.60. The van der Waals surface area contributed by atoms with Gasteiger partial charge in [0.25, 0.3) is 0 Å². The summed E-state index contributed by atoms with van der Waals surface area (Å²) in [4.78, 5) is 14.5. The normalized spacial score (nSPS) is 13.9. The number of nitrogens with zero attached hydrogens (tertiary/aromatic N) is 1. The van der Waals surface area contributed by atoms with Gasteiger partial charge in [-0.2, -0.15) is 0 Å². The lowest BCUT2D eigenvalue weighted by molar-refractivity contribution is -0.121.